The van der Waals surface area contributed by atoms with Crippen LogP contribution in [0, 0.1) is 13.8 Å². The molecule has 162 valence electrons. The Bertz CT molecular complexity index is 1230. The van der Waals surface area contributed by atoms with Gasteiger partial charge in [-0.15, -0.1) is 0 Å². The van der Waals surface area contributed by atoms with Crippen molar-refractivity contribution < 1.29 is 19.4 Å². The molecule has 4 rings (SSSR count). The maximum absolute atomic E-state index is 13.2. The summed E-state index contributed by atoms with van der Waals surface area (Å²) in [6, 6.07) is 13.0. The Morgan fingerprint density at radius 3 is 2.44 bits per heavy atom. The van der Waals surface area contributed by atoms with Crippen molar-refractivity contribution in [2.75, 3.05) is 12.0 Å². The summed E-state index contributed by atoms with van der Waals surface area (Å²) in [4.78, 5) is 32.0. The minimum Gasteiger partial charge on any atom is -0.507 e. The predicted octanol–water partition coefficient (Wildman–Crippen LogP) is 4.99. The zero-order valence-electron chi connectivity index (χ0n) is 17.8. The number of aryl methyl sites for hydroxylation is 2. The van der Waals surface area contributed by atoms with Gasteiger partial charge in [-0.3, -0.25) is 19.5 Å². The van der Waals surface area contributed by atoms with E-state index >= 15 is 0 Å². The maximum atomic E-state index is 13.2. The van der Waals surface area contributed by atoms with Crippen LogP contribution in [0.4, 0.5) is 5.69 Å². The molecule has 2 aromatic carbocycles. The molecule has 1 unspecified atom stereocenters. The summed E-state index contributed by atoms with van der Waals surface area (Å²) in [6.45, 7) is 3.84. The van der Waals surface area contributed by atoms with Gasteiger partial charge in [0.1, 0.15) is 11.5 Å². The number of rotatable bonds is 4. The van der Waals surface area contributed by atoms with E-state index < -0.39 is 17.7 Å². The number of hydrogen-bond donors (Lipinski definition) is 1. The predicted molar refractivity (Wildman–Crippen MR) is 123 cm³/mol. The van der Waals surface area contributed by atoms with Crippen molar-refractivity contribution >= 4 is 34.7 Å². The molecule has 1 aliphatic rings. The van der Waals surface area contributed by atoms with Gasteiger partial charge in [-0.1, -0.05) is 23.7 Å². The molecule has 1 fully saturated rings. The van der Waals surface area contributed by atoms with Gasteiger partial charge in [0, 0.05) is 23.6 Å². The second-order valence-corrected chi connectivity index (χ2v) is 8.05. The fourth-order valence-electron chi connectivity index (χ4n) is 4.00. The van der Waals surface area contributed by atoms with Crippen LogP contribution in [0.3, 0.4) is 0 Å². The number of carbonyl (C=O) groups excluding carboxylic acids is 2. The second-order valence-electron chi connectivity index (χ2n) is 7.65. The normalized spacial score (nSPS) is 17.6. The Morgan fingerprint density at radius 1 is 1.09 bits per heavy atom. The zero-order chi connectivity index (χ0) is 23.0. The van der Waals surface area contributed by atoms with Crippen LogP contribution in [0.25, 0.3) is 5.76 Å². The van der Waals surface area contributed by atoms with Gasteiger partial charge < -0.3 is 9.84 Å². The summed E-state index contributed by atoms with van der Waals surface area (Å²) < 4.78 is 5.23. The van der Waals surface area contributed by atoms with Crippen molar-refractivity contribution in [2.45, 2.75) is 19.9 Å². The van der Waals surface area contributed by atoms with Gasteiger partial charge in [0.2, 0.25) is 0 Å². The smallest absolute Gasteiger partial charge is 0.300 e. The quantitative estimate of drug-likeness (QED) is 0.345. The molecule has 6 nitrogen and oxygen atoms in total. The number of methoxy groups -OCH3 is 1. The summed E-state index contributed by atoms with van der Waals surface area (Å²) in [6.07, 6.45) is 3.18. The number of benzene rings is 2. The molecule has 0 saturated carbocycles. The average Bonchev–Trinajstić information content (AvgIpc) is 3.04. The highest BCUT2D eigenvalue weighted by Gasteiger charge is 2.47. The van der Waals surface area contributed by atoms with Gasteiger partial charge in [-0.05, 0) is 66.9 Å². The first-order chi connectivity index (χ1) is 15.3. The average molecular weight is 449 g/mol. The number of aliphatic hydroxyl groups excluding tert-OH is 1. The first-order valence-corrected chi connectivity index (χ1v) is 10.3. The number of nitrogens with zero attached hydrogens (tertiary/aromatic N) is 2. The highest BCUT2D eigenvalue weighted by atomic mass is 35.5. The van der Waals surface area contributed by atoms with Crippen molar-refractivity contribution in [1.82, 2.24) is 4.98 Å². The summed E-state index contributed by atoms with van der Waals surface area (Å²) in [5, 5.41) is 11.5. The Morgan fingerprint density at radius 2 is 1.81 bits per heavy atom. The van der Waals surface area contributed by atoms with Crippen LogP contribution < -0.4 is 9.64 Å². The van der Waals surface area contributed by atoms with Gasteiger partial charge in [0.25, 0.3) is 11.7 Å². The molecule has 1 saturated heterocycles. The Kier molecular flexibility index (Phi) is 5.72. The fourth-order valence-corrected chi connectivity index (χ4v) is 4.21. The molecule has 1 amide bonds. The van der Waals surface area contributed by atoms with Crippen LogP contribution in [0.2, 0.25) is 5.02 Å². The van der Waals surface area contributed by atoms with Crippen LogP contribution >= 0.6 is 11.6 Å². The number of halogens is 1. The molecule has 7 heteroatoms. The van der Waals surface area contributed by atoms with Gasteiger partial charge in [0.15, 0.2) is 0 Å². The monoisotopic (exact) mass is 448 g/mol. The van der Waals surface area contributed by atoms with Crippen molar-refractivity contribution in [3.63, 3.8) is 0 Å². The minimum atomic E-state index is -0.868. The maximum Gasteiger partial charge on any atom is 0.300 e. The topological polar surface area (TPSA) is 79.7 Å². The molecule has 0 spiro atoms. The van der Waals surface area contributed by atoms with Crippen molar-refractivity contribution in [2.24, 2.45) is 0 Å². The highest BCUT2D eigenvalue weighted by molar-refractivity contribution is 6.52. The molecule has 3 aromatic rings. The Hall–Kier alpha value is -3.64. The SMILES string of the molecule is COc1ccc(Cl)c(/C(O)=C2\C(=O)C(=O)N(c3cc(C)cc(C)c3)C2c2cccnc2)c1. The summed E-state index contributed by atoms with van der Waals surface area (Å²) >= 11 is 6.33. The molecule has 0 aliphatic carbocycles. The summed E-state index contributed by atoms with van der Waals surface area (Å²) in [7, 11) is 1.49. The van der Waals surface area contributed by atoms with Crippen LogP contribution in [0.15, 0.2) is 66.5 Å². The summed E-state index contributed by atoms with van der Waals surface area (Å²) in [5.41, 5.74) is 3.20. The number of carbonyl (C=O) groups is 2. The van der Waals surface area contributed by atoms with E-state index in [2.05, 4.69) is 4.98 Å². The second kappa shape index (κ2) is 8.48. The number of aromatic nitrogens is 1. The van der Waals surface area contributed by atoms with Crippen molar-refractivity contribution in [3.8, 4) is 5.75 Å². The Labute approximate surface area is 190 Å². The molecule has 2 heterocycles. The largest absolute Gasteiger partial charge is 0.507 e. The Balaban J connectivity index is 1.99. The van der Waals surface area contributed by atoms with E-state index in [9.17, 15) is 14.7 Å². The minimum absolute atomic E-state index is 0.0580. The van der Waals surface area contributed by atoms with Crippen LogP contribution in [0.5, 0.6) is 5.75 Å². The lowest BCUT2D eigenvalue weighted by Gasteiger charge is -2.26. The third-order valence-corrected chi connectivity index (χ3v) is 5.69. The number of hydrogen-bond acceptors (Lipinski definition) is 5. The first-order valence-electron chi connectivity index (χ1n) is 9.95. The van der Waals surface area contributed by atoms with E-state index in [1.807, 2.05) is 32.0 Å². The van der Waals surface area contributed by atoms with E-state index in [4.69, 9.17) is 16.3 Å². The van der Waals surface area contributed by atoms with Gasteiger partial charge >= 0.3 is 0 Å². The molecule has 1 N–H and O–H groups in total. The molecule has 1 aromatic heterocycles. The van der Waals surface area contributed by atoms with Crippen molar-refractivity contribution in [1.29, 1.82) is 0 Å². The summed E-state index contributed by atoms with van der Waals surface area (Å²) in [5.74, 6) is -1.44. The zero-order valence-corrected chi connectivity index (χ0v) is 18.6. The van der Waals surface area contributed by atoms with E-state index in [0.29, 0.717) is 17.0 Å². The standard InChI is InChI=1S/C25H21ClN2O4/c1-14-9-15(2)11-17(10-14)28-22(16-5-4-8-27-13-16)21(24(30)25(28)31)23(29)19-12-18(32-3)6-7-20(19)26/h4-13,22,29H,1-3H3/b23-21+. The number of anilines is 1. The van der Waals surface area contributed by atoms with Crippen LogP contribution in [0.1, 0.15) is 28.3 Å². The van der Waals surface area contributed by atoms with E-state index in [0.717, 1.165) is 11.1 Å². The molecule has 1 aliphatic heterocycles. The fraction of sp³-hybridized carbons (Fsp3) is 0.160. The number of aliphatic hydroxyl groups is 1. The molecule has 1 atom stereocenters. The number of pyridine rings is 1. The van der Waals surface area contributed by atoms with Gasteiger partial charge in [-0.25, -0.2) is 0 Å². The lowest BCUT2D eigenvalue weighted by atomic mass is 9.96. The van der Waals surface area contributed by atoms with E-state index in [1.54, 1.807) is 36.7 Å². The molecule has 0 bridgehead atoms. The first kappa shape index (κ1) is 21.6. The third-order valence-electron chi connectivity index (χ3n) is 5.36. The lowest BCUT2D eigenvalue weighted by Crippen LogP contribution is -2.29. The highest BCUT2D eigenvalue weighted by Crippen LogP contribution is 2.43. The number of ether oxygens (including phenoxy) is 1. The van der Waals surface area contributed by atoms with Crippen LogP contribution in [-0.4, -0.2) is 28.9 Å². The lowest BCUT2D eigenvalue weighted by molar-refractivity contribution is -0.132. The van der Waals surface area contributed by atoms with Gasteiger partial charge in [-0.2, -0.15) is 0 Å². The molecule has 32 heavy (non-hydrogen) atoms. The molecular weight excluding hydrogens is 428 g/mol. The van der Waals surface area contributed by atoms with E-state index in [1.165, 1.54) is 18.1 Å². The van der Waals surface area contributed by atoms with E-state index in [-0.39, 0.29) is 21.9 Å². The number of amides is 1. The number of ketones is 1. The van der Waals surface area contributed by atoms with Crippen LogP contribution in [-0.2, 0) is 9.59 Å². The van der Waals surface area contributed by atoms with Gasteiger partial charge in [0.05, 0.1) is 23.7 Å². The molecule has 0 radical (unpaired) electrons. The third kappa shape index (κ3) is 3.74. The number of Topliss-reactive ketones (excluding diaryl/α,β-unsaturated/α-hetero) is 1. The molecular formula is C25H21ClN2O4. The van der Waals surface area contributed by atoms with Crippen molar-refractivity contribution in [3.05, 3.63) is 93.8 Å².